The highest BCUT2D eigenvalue weighted by Gasteiger charge is 2.18. The maximum Gasteiger partial charge on any atom is 0.222 e. The number of aliphatic imine (C=N–C) groups is 1. The number of guanidine groups is 1. The van der Waals surface area contributed by atoms with E-state index < -0.39 is 0 Å². The summed E-state index contributed by atoms with van der Waals surface area (Å²) in [6, 6.07) is 6.10. The number of amides is 1. The lowest BCUT2D eigenvalue weighted by Gasteiger charge is -2.25. The van der Waals surface area contributed by atoms with Gasteiger partial charge in [0.25, 0.3) is 0 Å². The van der Waals surface area contributed by atoms with Crippen LogP contribution in [0.5, 0.6) is 11.5 Å². The maximum atomic E-state index is 12.2. The second-order valence-electron chi connectivity index (χ2n) is 8.29. The lowest BCUT2D eigenvalue weighted by Crippen LogP contribution is -2.40. The Morgan fingerprint density at radius 3 is 2.62 bits per heavy atom. The SMILES string of the molecule is CCNC(=NCC(c1ccc(OC)c(OC)c1)N(C)C)NCCCN1CCCCCC1=O. The number of carbonyl (C=O) groups is 1. The lowest BCUT2D eigenvalue weighted by atomic mass is 10.1. The number of nitrogens with zero attached hydrogens (tertiary/aromatic N) is 3. The standard InChI is InChI=1S/C24H41N5O3/c1-6-25-24(26-14-10-16-29-15-9-7-8-11-23(29)30)27-18-20(28(2)3)19-12-13-21(31-4)22(17-19)32-5/h12-13,17,20H,6-11,14-16,18H2,1-5H3,(H2,25,26,27). The molecule has 1 aliphatic rings. The quantitative estimate of drug-likeness (QED) is 0.309. The molecular weight excluding hydrogens is 406 g/mol. The van der Waals surface area contributed by atoms with E-state index in [9.17, 15) is 4.79 Å². The second kappa shape index (κ2) is 13.8. The monoisotopic (exact) mass is 447 g/mol. The third-order valence-electron chi connectivity index (χ3n) is 5.75. The first kappa shape index (κ1) is 25.8. The Morgan fingerprint density at radius 2 is 1.94 bits per heavy atom. The fourth-order valence-electron chi connectivity index (χ4n) is 3.90. The third kappa shape index (κ3) is 7.89. The summed E-state index contributed by atoms with van der Waals surface area (Å²) in [6.07, 6.45) is 4.90. The normalized spacial score (nSPS) is 16.0. The largest absolute Gasteiger partial charge is 0.493 e. The Labute approximate surface area is 193 Å². The maximum absolute atomic E-state index is 12.2. The molecule has 1 amide bonds. The average Bonchev–Trinajstić information content (AvgIpc) is 3.00. The number of hydrogen-bond donors (Lipinski definition) is 2. The van der Waals surface area contributed by atoms with Crippen molar-refractivity contribution in [1.82, 2.24) is 20.4 Å². The molecule has 0 spiro atoms. The second-order valence-corrected chi connectivity index (χ2v) is 8.29. The van der Waals surface area contributed by atoms with Gasteiger partial charge in [-0.05, 0) is 58.0 Å². The molecule has 0 bridgehead atoms. The van der Waals surface area contributed by atoms with Crippen LogP contribution in [-0.2, 0) is 4.79 Å². The van der Waals surface area contributed by atoms with Gasteiger partial charge in [-0.2, -0.15) is 0 Å². The van der Waals surface area contributed by atoms with E-state index in [0.29, 0.717) is 24.6 Å². The van der Waals surface area contributed by atoms with Crippen molar-refractivity contribution in [3.63, 3.8) is 0 Å². The van der Waals surface area contributed by atoms with Gasteiger partial charge in [0.05, 0.1) is 26.8 Å². The van der Waals surface area contributed by atoms with Crippen LogP contribution in [0.1, 0.15) is 50.6 Å². The molecule has 1 unspecified atom stereocenters. The lowest BCUT2D eigenvalue weighted by molar-refractivity contribution is -0.130. The minimum atomic E-state index is 0.0972. The number of nitrogens with one attached hydrogen (secondary N) is 2. The number of methoxy groups -OCH3 is 2. The predicted octanol–water partition coefficient (Wildman–Crippen LogP) is 2.65. The summed E-state index contributed by atoms with van der Waals surface area (Å²) >= 11 is 0. The van der Waals surface area contributed by atoms with Gasteiger partial charge in [0, 0.05) is 32.6 Å². The minimum absolute atomic E-state index is 0.0972. The van der Waals surface area contributed by atoms with Crippen molar-refractivity contribution in [2.45, 2.75) is 45.1 Å². The van der Waals surface area contributed by atoms with Gasteiger partial charge < -0.3 is 29.9 Å². The molecule has 2 N–H and O–H groups in total. The minimum Gasteiger partial charge on any atom is -0.493 e. The molecule has 1 saturated heterocycles. The Hall–Kier alpha value is -2.48. The molecule has 1 aliphatic heterocycles. The molecule has 1 fully saturated rings. The van der Waals surface area contributed by atoms with Crippen LogP contribution in [0.2, 0.25) is 0 Å². The zero-order valence-corrected chi connectivity index (χ0v) is 20.4. The van der Waals surface area contributed by atoms with E-state index in [2.05, 4.69) is 42.6 Å². The molecular formula is C24H41N5O3. The van der Waals surface area contributed by atoms with Gasteiger partial charge in [-0.1, -0.05) is 12.5 Å². The highest BCUT2D eigenvalue weighted by Crippen LogP contribution is 2.31. The fraction of sp³-hybridized carbons (Fsp3) is 0.667. The molecule has 0 aromatic heterocycles. The van der Waals surface area contributed by atoms with Crippen LogP contribution in [0.4, 0.5) is 0 Å². The van der Waals surface area contributed by atoms with Crippen molar-refractivity contribution in [3.8, 4) is 11.5 Å². The molecule has 2 rings (SSSR count). The molecule has 8 nitrogen and oxygen atoms in total. The van der Waals surface area contributed by atoms with Crippen LogP contribution in [0.3, 0.4) is 0 Å². The summed E-state index contributed by atoms with van der Waals surface area (Å²) < 4.78 is 10.8. The summed E-state index contributed by atoms with van der Waals surface area (Å²) in [5.41, 5.74) is 1.12. The Kier molecular flexibility index (Phi) is 11.1. The fourth-order valence-corrected chi connectivity index (χ4v) is 3.90. The van der Waals surface area contributed by atoms with Crippen LogP contribution < -0.4 is 20.1 Å². The van der Waals surface area contributed by atoms with Crippen molar-refractivity contribution in [2.24, 2.45) is 4.99 Å². The number of hydrogen-bond acceptors (Lipinski definition) is 5. The van der Waals surface area contributed by atoms with Crippen LogP contribution in [0.25, 0.3) is 0 Å². The van der Waals surface area contributed by atoms with Crippen molar-refractivity contribution in [2.75, 3.05) is 61.0 Å². The molecule has 1 atom stereocenters. The molecule has 1 heterocycles. The van der Waals surface area contributed by atoms with Crippen LogP contribution in [-0.4, -0.2) is 82.7 Å². The first-order chi connectivity index (χ1) is 15.5. The molecule has 0 radical (unpaired) electrons. The number of likely N-dealkylation sites (N-methyl/N-ethyl adjacent to an activating group) is 1. The van der Waals surface area contributed by atoms with Crippen LogP contribution >= 0.6 is 0 Å². The zero-order valence-electron chi connectivity index (χ0n) is 20.4. The summed E-state index contributed by atoms with van der Waals surface area (Å²) in [4.78, 5) is 21.1. The number of ether oxygens (including phenoxy) is 2. The smallest absolute Gasteiger partial charge is 0.222 e. The molecule has 180 valence electrons. The van der Waals surface area contributed by atoms with Gasteiger partial charge in [-0.25, -0.2) is 0 Å². The van der Waals surface area contributed by atoms with Crippen molar-refractivity contribution in [1.29, 1.82) is 0 Å². The van der Waals surface area contributed by atoms with E-state index in [-0.39, 0.29) is 6.04 Å². The first-order valence-corrected chi connectivity index (χ1v) is 11.7. The number of carbonyl (C=O) groups excluding carboxylic acids is 1. The van der Waals surface area contributed by atoms with Gasteiger partial charge >= 0.3 is 0 Å². The van der Waals surface area contributed by atoms with E-state index >= 15 is 0 Å². The summed E-state index contributed by atoms with van der Waals surface area (Å²) in [5.74, 6) is 2.53. The molecule has 0 aliphatic carbocycles. The van der Waals surface area contributed by atoms with Gasteiger partial charge in [-0.15, -0.1) is 0 Å². The van der Waals surface area contributed by atoms with Gasteiger partial charge in [0.2, 0.25) is 5.91 Å². The molecule has 8 heteroatoms. The predicted molar refractivity (Wildman–Crippen MR) is 130 cm³/mol. The molecule has 32 heavy (non-hydrogen) atoms. The first-order valence-electron chi connectivity index (χ1n) is 11.7. The van der Waals surface area contributed by atoms with E-state index in [1.54, 1.807) is 14.2 Å². The van der Waals surface area contributed by atoms with Gasteiger partial charge in [0.15, 0.2) is 17.5 Å². The molecule has 0 saturated carbocycles. The van der Waals surface area contributed by atoms with Gasteiger partial charge in [0.1, 0.15) is 0 Å². The highest BCUT2D eigenvalue weighted by atomic mass is 16.5. The average molecular weight is 448 g/mol. The van der Waals surface area contributed by atoms with Crippen molar-refractivity contribution < 1.29 is 14.3 Å². The van der Waals surface area contributed by atoms with E-state index in [4.69, 9.17) is 14.5 Å². The van der Waals surface area contributed by atoms with E-state index in [0.717, 1.165) is 69.1 Å². The summed E-state index contributed by atoms with van der Waals surface area (Å²) in [7, 11) is 7.39. The number of benzene rings is 1. The zero-order chi connectivity index (χ0) is 23.3. The highest BCUT2D eigenvalue weighted by molar-refractivity contribution is 5.79. The topological polar surface area (TPSA) is 78.4 Å². The number of rotatable bonds is 11. The number of likely N-dealkylation sites (tertiary alicyclic amines) is 1. The van der Waals surface area contributed by atoms with Crippen molar-refractivity contribution >= 4 is 11.9 Å². The van der Waals surface area contributed by atoms with Gasteiger partial charge in [-0.3, -0.25) is 9.79 Å². The summed E-state index contributed by atoms with van der Waals surface area (Å²) in [5, 5.41) is 6.74. The van der Waals surface area contributed by atoms with Crippen LogP contribution in [0, 0.1) is 0 Å². The molecule has 1 aromatic carbocycles. The summed E-state index contributed by atoms with van der Waals surface area (Å²) in [6.45, 7) is 5.92. The third-order valence-corrected chi connectivity index (χ3v) is 5.75. The van der Waals surface area contributed by atoms with E-state index in [1.807, 2.05) is 17.0 Å². The molecule has 1 aromatic rings. The Balaban J connectivity index is 1.96. The van der Waals surface area contributed by atoms with Crippen molar-refractivity contribution in [3.05, 3.63) is 23.8 Å². The Morgan fingerprint density at radius 1 is 1.16 bits per heavy atom. The Bertz CT molecular complexity index is 738. The van der Waals surface area contributed by atoms with E-state index in [1.165, 1.54) is 0 Å². The van der Waals surface area contributed by atoms with Crippen LogP contribution in [0.15, 0.2) is 23.2 Å².